The zero-order chi connectivity index (χ0) is 13.8. The van der Waals surface area contributed by atoms with Crippen molar-refractivity contribution in [2.24, 2.45) is 0 Å². The van der Waals surface area contributed by atoms with E-state index in [1.54, 1.807) is 18.6 Å². The molecule has 4 heteroatoms. The first-order valence-electron chi connectivity index (χ1n) is 6.38. The lowest BCUT2D eigenvalue weighted by atomic mass is 10.1. The maximum absolute atomic E-state index is 5.93. The molecule has 98 valence electrons. The molecule has 2 aromatic heterocycles. The quantitative estimate of drug-likeness (QED) is 0.788. The summed E-state index contributed by atoms with van der Waals surface area (Å²) in [6.07, 6.45) is 5.85. The van der Waals surface area contributed by atoms with E-state index in [0.717, 1.165) is 17.0 Å². The summed E-state index contributed by atoms with van der Waals surface area (Å²) in [7, 11) is 0. The highest BCUT2D eigenvalue weighted by atomic mass is 14.9. The summed E-state index contributed by atoms with van der Waals surface area (Å²) in [6, 6.07) is 13.9. The van der Waals surface area contributed by atoms with Crippen LogP contribution in [0.5, 0.6) is 0 Å². The second-order valence-electron chi connectivity index (χ2n) is 4.49. The van der Waals surface area contributed by atoms with Crippen LogP contribution in [0.3, 0.4) is 0 Å². The van der Waals surface area contributed by atoms with Gasteiger partial charge in [0.1, 0.15) is 5.82 Å². The van der Waals surface area contributed by atoms with E-state index in [1.165, 1.54) is 5.56 Å². The summed E-state index contributed by atoms with van der Waals surface area (Å²) in [5.74, 6) is 0.478. The molecule has 0 saturated carbocycles. The van der Waals surface area contributed by atoms with Crippen molar-refractivity contribution in [1.29, 1.82) is 0 Å². The minimum absolute atomic E-state index is 0.478. The lowest BCUT2D eigenvalue weighted by molar-refractivity contribution is 1.04. The summed E-state index contributed by atoms with van der Waals surface area (Å²) in [4.78, 5) is 12.9. The molecule has 0 spiro atoms. The molecule has 0 unspecified atom stereocenters. The van der Waals surface area contributed by atoms with Gasteiger partial charge in [-0.2, -0.15) is 0 Å². The van der Waals surface area contributed by atoms with Gasteiger partial charge in [0.05, 0.1) is 17.6 Å². The van der Waals surface area contributed by atoms with Crippen molar-refractivity contribution >= 4 is 5.82 Å². The fourth-order valence-corrected chi connectivity index (χ4v) is 2.02. The van der Waals surface area contributed by atoms with E-state index in [1.807, 2.05) is 30.3 Å². The molecular formula is C16H14N4. The number of nitrogen functional groups attached to an aromatic ring is 1. The lowest BCUT2D eigenvalue weighted by Crippen LogP contribution is -2.03. The average Bonchev–Trinajstić information content (AvgIpc) is 2.51. The van der Waals surface area contributed by atoms with E-state index in [0.29, 0.717) is 12.2 Å². The van der Waals surface area contributed by atoms with Crippen molar-refractivity contribution in [3.05, 3.63) is 72.3 Å². The van der Waals surface area contributed by atoms with Gasteiger partial charge in [-0.3, -0.25) is 4.98 Å². The SMILES string of the molecule is Nc1ncc(-c2ccncc2)nc1Cc1ccccc1. The summed E-state index contributed by atoms with van der Waals surface area (Å²) in [5.41, 5.74) is 9.69. The van der Waals surface area contributed by atoms with Crippen molar-refractivity contribution in [2.75, 3.05) is 5.73 Å². The molecule has 0 fully saturated rings. The van der Waals surface area contributed by atoms with Gasteiger partial charge in [-0.05, 0) is 17.7 Å². The molecule has 0 aliphatic rings. The first kappa shape index (κ1) is 12.3. The number of hydrogen-bond donors (Lipinski definition) is 1. The Kier molecular flexibility index (Phi) is 3.37. The Morgan fingerprint density at radius 2 is 1.70 bits per heavy atom. The van der Waals surface area contributed by atoms with Crippen LogP contribution in [-0.4, -0.2) is 15.0 Å². The highest BCUT2D eigenvalue weighted by Gasteiger charge is 2.07. The first-order chi connectivity index (χ1) is 9.83. The molecule has 0 bridgehead atoms. The molecule has 1 aromatic carbocycles. The van der Waals surface area contributed by atoms with Gasteiger partial charge in [-0.25, -0.2) is 9.97 Å². The normalized spacial score (nSPS) is 10.4. The van der Waals surface area contributed by atoms with Crippen LogP contribution < -0.4 is 5.73 Å². The molecule has 2 heterocycles. The number of hydrogen-bond acceptors (Lipinski definition) is 4. The zero-order valence-electron chi connectivity index (χ0n) is 10.9. The molecule has 0 radical (unpaired) electrons. The summed E-state index contributed by atoms with van der Waals surface area (Å²) in [6.45, 7) is 0. The van der Waals surface area contributed by atoms with E-state index in [2.05, 4.69) is 27.1 Å². The van der Waals surface area contributed by atoms with Crippen LogP contribution in [0, 0.1) is 0 Å². The second kappa shape index (κ2) is 5.48. The molecule has 0 atom stereocenters. The third kappa shape index (κ3) is 2.64. The topological polar surface area (TPSA) is 64.7 Å². The smallest absolute Gasteiger partial charge is 0.145 e. The number of anilines is 1. The maximum Gasteiger partial charge on any atom is 0.145 e. The van der Waals surface area contributed by atoms with Crippen LogP contribution in [0.2, 0.25) is 0 Å². The van der Waals surface area contributed by atoms with Crippen LogP contribution in [0.15, 0.2) is 61.1 Å². The molecule has 0 saturated heterocycles. The Labute approximate surface area is 117 Å². The molecule has 20 heavy (non-hydrogen) atoms. The van der Waals surface area contributed by atoms with Gasteiger partial charge in [0.2, 0.25) is 0 Å². The minimum Gasteiger partial charge on any atom is -0.382 e. The zero-order valence-corrected chi connectivity index (χ0v) is 10.9. The standard InChI is InChI=1S/C16H14N4/c17-16-14(10-12-4-2-1-3-5-12)20-15(11-19-16)13-6-8-18-9-7-13/h1-9,11H,10H2,(H2,17,19). The number of nitrogens with zero attached hydrogens (tertiary/aromatic N) is 3. The van der Waals surface area contributed by atoms with E-state index in [9.17, 15) is 0 Å². The average molecular weight is 262 g/mol. The monoisotopic (exact) mass is 262 g/mol. The molecule has 0 aliphatic carbocycles. The molecule has 2 N–H and O–H groups in total. The molecule has 0 aliphatic heterocycles. The van der Waals surface area contributed by atoms with E-state index in [-0.39, 0.29) is 0 Å². The summed E-state index contributed by atoms with van der Waals surface area (Å²) in [5, 5.41) is 0. The Hall–Kier alpha value is -2.75. The van der Waals surface area contributed by atoms with Gasteiger partial charge in [-0.1, -0.05) is 30.3 Å². The highest BCUT2D eigenvalue weighted by molar-refractivity contribution is 5.59. The fourth-order valence-electron chi connectivity index (χ4n) is 2.02. The highest BCUT2D eigenvalue weighted by Crippen LogP contribution is 2.19. The van der Waals surface area contributed by atoms with Gasteiger partial charge >= 0.3 is 0 Å². The van der Waals surface area contributed by atoms with Crippen LogP contribution in [0.1, 0.15) is 11.3 Å². The number of aromatic nitrogens is 3. The van der Waals surface area contributed by atoms with Crippen molar-refractivity contribution in [3.8, 4) is 11.3 Å². The van der Waals surface area contributed by atoms with Gasteiger partial charge in [0.15, 0.2) is 0 Å². The van der Waals surface area contributed by atoms with Gasteiger partial charge < -0.3 is 5.73 Å². The number of pyridine rings is 1. The summed E-state index contributed by atoms with van der Waals surface area (Å²) < 4.78 is 0. The second-order valence-corrected chi connectivity index (χ2v) is 4.49. The van der Waals surface area contributed by atoms with Crippen LogP contribution in [0.4, 0.5) is 5.82 Å². The van der Waals surface area contributed by atoms with E-state index in [4.69, 9.17) is 5.73 Å². The predicted octanol–water partition coefficient (Wildman–Crippen LogP) is 2.71. The van der Waals surface area contributed by atoms with Crippen LogP contribution in [0.25, 0.3) is 11.3 Å². The lowest BCUT2D eigenvalue weighted by Gasteiger charge is -2.07. The van der Waals surface area contributed by atoms with Gasteiger partial charge in [0, 0.05) is 24.4 Å². The van der Waals surface area contributed by atoms with Gasteiger partial charge in [-0.15, -0.1) is 0 Å². The Bertz CT molecular complexity index is 696. The Morgan fingerprint density at radius 3 is 2.45 bits per heavy atom. The Morgan fingerprint density at radius 1 is 0.950 bits per heavy atom. The predicted molar refractivity (Wildman–Crippen MR) is 78.9 cm³/mol. The van der Waals surface area contributed by atoms with Crippen molar-refractivity contribution in [3.63, 3.8) is 0 Å². The Balaban J connectivity index is 1.95. The van der Waals surface area contributed by atoms with Crippen LogP contribution in [-0.2, 0) is 6.42 Å². The van der Waals surface area contributed by atoms with Gasteiger partial charge in [0.25, 0.3) is 0 Å². The van der Waals surface area contributed by atoms with Crippen molar-refractivity contribution < 1.29 is 0 Å². The van der Waals surface area contributed by atoms with Crippen LogP contribution >= 0.6 is 0 Å². The maximum atomic E-state index is 5.93. The first-order valence-corrected chi connectivity index (χ1v) is 6.38. The molecule has 3 rings (SSSR count). The van der Waals surface area contributed by atoms with Crippen molar-refractivity contribution in [2.45, 2.75) is 6.42 Å². The number of nitrogens with two attached hydrogens (primary N) is 1. The molecular weight excluding hydrogens is 248 g/mol. The third-order valence-electron chi connectivity index (χ3n) is 3.07. The fraction of sp³-hybridized carbons (Fsp3) is 0.0625. The molecule has 0 amide bonds. The molecule has 3 aromatic rings. The molecule has 4 nitrogen and oxygen atoms in total. The van der Waals surface area contributed by atoms with E-state index < -0.39 is 0 Å². The largest absolute Gasteiger partial charge is 0.382 e. The number of benzene rings is 1. The van der Waals surface area contributed by atoms with E-state index >= 15 is 0 Å². The summed E-state index contributed by atoms with van der Waals surface area (Å²) >= 11 is 0. The number of rotatable bonds is 3. The minimum atomic E-state index is 0.478. The third-order valence-corrected chi connectivity index (χ3v) is 3.07. The van der Waals surface area contributed by atoms with Crippen molar-refractivity contribution in [1.82, 2.24) is 15.0 Å².